The van der Waals surface area contributed by atoms with E-state index in [1.165, 1.54) is 0 Å². The topological polar surface area (TPSA) is 90.9 Å². The van der Waals surface area contributed by atoms with Crippen molar-refractivity contribution in [3.05, 3.63) is 0 Å². The fraction of sp³-hybridized carbons (Fsp3) is 0.857. The van der Waals surface area contributed by atoms with Gasteiger partial charge in [-0.3, -0.25) is 4.79 Å². The lowest BCUT2D eigenvalue weighted by Crippen LogP contribution is -2.53. The fourth-order valence-corrected chi connectivity index (χ4v) is 2.37. The molecule has 3 N–H and O–H groups in total. The number of nitrogens with zero attached hydrogens (tertiary/aromatic N) is 1. The maximum Gasteiger partial charge on any atom is 0.315 e. The number of carbonyl (C=O) groups is 2. The Morgan fingerprint density at radius 1 is 1.38 bits per heavy atom. The number of rotatable bonds is 8. The first-order chi connectivity index (χ1) is 9.93. The minimum absolute atomic E-state index is 0.118. The van der Waals surface area contributed by atoms with Crippen molar-refractivity contribution in [3.8, 4) is 0 Å². The highest BCUT2D eigenvalue weighted by molar-refractivity contribution is 5.79. The Morgan fingerprint density at radius 2 is 2.10 bits per heavy atom. The maximum atomic E-state index is 11.8. The summed E-state index contributed by atoms with van der Waals surface area (Å²) in [6.45, 7) is 9.43. The molecule has 1 aliphatic rings. The van der Waals surface area contributed by atoms with Crippen LogP contribution in [0.25, 0.3) is 0 Å². The van der Waals surface area contributed by atoms with Gasteiger partial charge >= 0.3 is 12.0 Å². The lowest BCUT2D eigenvalue weighted by atomic mass is 9.85. The van der Waals surface area contributed by atoms with E-state index < -0.39 is 17.4 Å². The molecule has 7 heteroatoms. The molecule has 1 heterocycles. The van der Waals surface area contributed by atoms with Gasteiger partial charge in [0.2, 0.25) is 0 Å². The number of amides is 2. The first-order valence-corrected chi connectivity index (χ1v) is 7.51. The summed E-state index contributed by atoms with van der Waals surface area (Å²) in [7, 11) is 0. The smallest absolute Gasteiger partial charge is 0.315 e. The zero-order chi connectivity index (χ0) is 15.9. The van der Waals surface area contributed by atoms with Crippen LogP contribution in [0, 0.1) is 5.41 Å². The molecule has 0 aliphatic carbocycles. The molecule has 1 rings (SSSR count). The molecule has 0 saturated carbocycles. The standard InChI is InChI=1S/C14H27N3O4/c1-4-7-17(5-2)8-6-15-13(20)16-11-9-21-10-14(11,3)12(18)19/h11H,4-10H2,1-3H3,(H,18,19)(H2,15,16,20). The highest BCUT2D eigenvalue weighted by Crippen LogP contribution is 2.28. The maximum absolute atomic E-state index is 11.8. The van der Waals surface area contributed by atoms with E-state index in [0.29, 0.717) is 6.54 Å². The van der Waals surface area contributed by atoms with Crippen LogP contribution in [0.15, 0.2) is 0 Å². The molecule has 0 aromatic carbocycles. The van der Waals surface area contributed by atoms with Gasteiger partial charge in [-0.25, -0.2) is 4.79 Å². The summed E-state index contributed by atoms with van der Waals surface area (Å²) >= 11 is 0. The third-order valence-electron chi connectivity index (χ3n) is 3.95. The molecule has 1 aliphatic heterocycles. The van der Waals surface area contributed by atoms with Gasteiger partial charge in [0.05, 0.1) is 19.3 Å². The first-order valence-electron chi connectivity index (χ1n) is 7.51. The molecule has 2 unspecified atom stereocenters. The van der Waals surface area contributed by atoms with Crippen molar-refractivity contribution >= 4 is 12.0 Å². The van der Waals surface area contributed by atoms with Crippen molar-refractivity contribution in [1.29, 1.82) is 0 Å². The number of aliphatic carboxylic acids is 1. The summed E-state index contributed by atoms with van der Waals surface area (Å²) < 4.78 is 5.20. The van der Waals surface area contributed by atoms with E-state index in [4.69, 9.17) is 4.74 Å². The van der Waals surface area contributed by atoms with Crippen molar-refractivity contribution in [3.63, 3.8) is 0 Å². The second-order valence-electron chi connectivity index (χ2n) is 5.62. The average Bonchev–Trinajstić information content (AvgIpc) is 2.80. The molecule has 122 valence electrons. The highest BCUT2D eigenvalue weighted by atomic mass is 16.5. The van der Waals surface area contributed by atoms with E-state index in [1.54, 1.807) is 6.92 Å². The number of hydrogen-bond donors (Lipinski definition) is 3. The molecule has 1 saturated heterocycles. The molecule has 0 spiro atoms. The number of carbonyl (C=O) groups excluding carboxylic acids is 1. The first kappa shape index (κ1) is 17.7. The van der Waals surface area contributed by atoms with Gasteiger partial charge in [-0.15, -0.1) is 0 Å². The predicted molar refractivity (Wildman–Crippen MR) is 79.3 cm³/mol. The number of carboxylic acid groups (broad SMARTS) is 1. The summed E-state index contributed by atoms with van der Waals surface area (Å²) in [5, 5.41) is 14.7. The Bertz CT molecular complexity index is 364. The number of ether oxygens (including phenoxy) is 1. The van der Waals surface area contributed by atoms with E-state index in [-0.39, 0.29) is 19.2 Å². The SMILES string of the molecule is CCCN(CC)CCNC(=O)NC1COCC1(C)C(=O)O. The van der Waals surface area contributed by atoms with E-state index in [0.717, 1.165) is 26.1 Å². The second-order valence-corrected chi connectivity index (χ2v) is 5.62. The summed E-state index contributed by atoms with van der Waals surface area (Å²) in [6, 6.07) is -0.849. The molecular weight excluding hydrogens is 274 g/mol. The van der Waals surface area contributed by atoms with Gasteiger partial charge in [-0.1, -0.05) is 13.8 Å². The summed E-state index contributed by atoms with van der Waals surface area (Å²) in [6.07, 6.45) is 1.08. The average molecular weight is 301 g/mol. The van der Waals surface area contributed by atoms with Gasteiger partial charge in [0, 0.05) is 13.1 Å². The minimum atomic E-state index is -1.06. The molecule has 2 amide bonds. The summed E-state index contributed by atoms with van der Waals surface area (Å²) in [5.74, 6) is -0.953. The second kappa shape index (κ2) is 8.19. The molecular formula is C14H27N3O4. The lowest BCUT2D eigenvalue weighted by Gasteiger charge is -2.26. The van der Waals surface area contributed by atoms with E-state index in [1.807, 2.05) is 0 Å². The summed E-state index contributed by atoms with van der Waals surface area (Å²) in [4.78, 5) is 25.4. The highest BCUT2D eigenvalue weighted by Gasteiger charge is 2.47. The summed E-state index contributed by atoms with van der Waals surface area (Å²) in [5.41, 5.74) is -1.06. The van der Waals surface area contributed by atoms with E-state index in [2.05, 4.69) is 29.4 Å². The van der Waals surface area contributed by atoms with Crippen molar-refractivity contribution in [2.75, 3.05) is 39.4 Å². The van der Waals surface area contributed by atoms with Gasteiger partial charge in [-0.2, -0.15) is 0 Å². The molecule has 0 aromatic rings. The monoisotopic (exact) mass is 301 g/mol. The number of nitrogens with one attached hydrogen (secondary N) is 2. The fourth-order valence-electron chi connectivity index (χ4n) is 2.37. The normalized spacial score (nSPS) is 25.0. The largest absolute Gasteiger partial charge is 0.481 e. The zero-order valence-corrected chi connectivity index (χ0v) is 13.1. The van der Waals surface area contributed by atoms with Crippen LogP contribution in [0.3, 0.4) is 0 Å². The lowest BCUT2D eigenvalue weighted by molar-refractivity contribution is -0.148. The van der Waals surface area contributed by atoms with Crippen LogP contribution in [-0.4, -0.2) is 67.4 Å². The van der Waals surface area contributed by atoms with Gasteiger partial charge in [0.15, 0.2) is 0 Å². The van der Waals surface area contributed by atoms with Gasteiger partial charge in [0.1, 0.15) is 5.41 Å². The third-order valence-corrected chi connectivity index (χ3v) is 3.95. The van der Waals surface area contributed by atoms with Gasteiger partial charge in [-0.05, 0) is 26.4 Å². The van der Waals surface area contributed by atoms with E-state index >= 15 is 0 Å². The predicted octanol–water partition coefficient (Wildman–Crippen LogP) is 0.507. The van der Waals surface area contributed by atoms with Crippen LogP contribution in [-0.2, 0) is 9.53 Å². The van der Waals surface area contributed by atoms with Gasteiger partial charge < -0.3 is 25.4 Å². The van der Waals surface area contributed by atoms with E-state index in [9.17, 15) is 14.7 Å². The van der Waals surface area contributed by atoms with Crippen molar-refractivity contribution in [2.24, 2.45) is 5.41 Å². The Hall–Kier alpha value is -1.34. The van der Waals surface area contributed by atoms with Crippen LogP contribution in [0.5, 0.6) is 0 Å². The molecule has 1 fully saturated rings. The van der Waals surface area contributed by atoms with Gasteiger partial charge in [0.25, 0.3) is 0 Å². The van der Waals surface area contributed by atoms with Crippen LogP contribution in [0.2, 0.25) is 0 Å². The Balaban J connectivity index is 2.35. The van der Waals surface area contributed by atoms with Crippen molar-refractivity contribution in [2.45, 2.75) is 33.2 Å². The van der Waals surface area contributed by atoms with Crippen LogP contribution in [0.4, 0.5) is 4.79 Å². The van der Waals surface area contributed by atoms with Crippen LogP contribution in [0.1, 0.15) is 27.2 Å². The molecule has 0 aromatic heterocycles. The number of hydrogen-bond acceptors (Lipinski definition) is 4. The molecule has 0 radical (unpaired) electrons. The Labute approximate surface area is 126 Å². The van der Waals surface area contributed by atoms with Crippen molar-refractivity contribution in [1.82, 2.24) is 15.5 Å². The quantitative estimate of drug-likeness (QED) is 0.607. The zero-order valence-electron chi connectivity index (χ0n) is 13.1. The van der Waals surface area contributed by atoms with Crippen LogP contribution < -0.4 is 10.6 Å². The Morgan fingerprint density at radius 3 is 2.67 bits per heavy atom. The Kier molecular flexibility index (Phi) is 6.91. The minimum Gasteiger partial charge on any atom is -0.481 e. The molecule has 2 atom stereocenters. The molecule has 7 nitrogen and oxygen atoms in total. The number of carboxylic acids is 1. The van der Waals surface area contributed by atoms with Crippen LogP contribution >= 0.6 is 0 Å². The van der Waals surface area contributed by atoms with Crippen molar-refractivity contribution < 1.29 is 19.4 Å². The third kappa shape index (κ3) is 4.86. The number of likely N-dealkylation sites (N-methyl/N-ethyl adjacent to an activating group) is 1. The molecule has 0 bridgehead atoms. The number of urea groups is 1. The molecule has 21 heavy (non-hydrogen) atoms.